The van der Waals surface area contributed by atoms with Gasteiger partial charge in [0.15, 0.2) is 0 Å². The van der Waals surface area contributed by atoms with Gasteiger partial charge in [-0.25, -0.2) is 8.42 Å². The first-order valence-corrected chi connectivity index (χ1v) is 13.5. The van der Waals surface area contributed by atoms with Gasteiger partial charge in [0.25, 0.3) is 10.0 Å². The van der Waals surface area contributed by atoms with Gasteiger partial charge in [-0.2, -0.15) is 0 Å². The number of carbonyl (C=O) groups is 2. The Kier molecular flexibility index (Phi) is 9.50. The van der Waals surface area contributed by atoms with E-state index in [9.17, 15) is 18.0 Å². The second-order valence-electron chi connectivity index (χ2n) is 8.10. The van der Waals surface area contributed by atoms with Crippen LogP contribution in [-0.2, 0) is 26.2 Å². The number of benzene rings is 3. The highest BCUT2D eigenvalue weighted by Crippen LogP contribution is 2.30. The Morgan fingerprint density at radius 2 is 1.47 bits per heavy atom. The van der Waals surface area contributed by atoms with Gasteiger partial charge in [-0.05, 0) is 43.2 Å². The van der Waals surface area contributed by atoms with Crippen molar-refractivity contribution in [2.45, 2.75) is 37.8 Å². The minimum atomic E-state index is -4.14. The van der Waals surface area contributed by atoms with E-state index in [4.69, 9.17) is 11.6 Å². The predicted molar refractivity (Wildman–Crippen MR) is 142 cm³/mol. The summed E-state index contributed by atoms with van der Waals surface area (Å²) in [5.74, 6) is -0.809. The number of anilines is 1. The summed E-state index contributed by atoms with van der Waals surface area (Å²) >= 11 is 6.39. The normalized spacial score (nSPS) is 12.0. The number of likely N-dealkylation sites (N-methyl/N-ethyl adjacent to an activating group) is 1. The molecule has 0 aromatic heterocycles. The topological polar surface area (TPSA) is 86.8 Å². The molecule has 0 bridgehead atoms. The smallest absolute Gasteiger partial charge is 0.264 e. The molecule has 2 amide bonds. The molecule has 190 valence electrons. The SMILES string of the molecule is CCNC(=O)[C@@H](CC)N(Cc1ccccc1)C(=O)CN(c1ccccc1Cl)S(=O)(=O)c1ccccc1. The maximum atomic E-state index is 13.8. The first-order valence-electron chi connectivity index (χ1n) is 11.7. The maximum absolute atomic E-state index is 13.8. The summed E-state index contributed by atoms with van der Waals surface area (Å²) in [5, 5.41) is 2.97. The van der Waals surface area contributed by atoms with Crippen LogP contribution in [0, 0.1) is 0 Å². The van der Waals surface area contributed by atoms with E-state index in [-0.39, 0.29) is 28.1 Å². The second kappa shape index (κ2) is 12.6. The Balaban J connectivity index is 2.05. The Morgan fingerprint density at radius 1 is 0.889 bits per heavy atom. The highest BCUT2D eigenvalue weighted by atomic mass is 35.5. The number of amides is 2. The van der Waals surface area contributed by atoms with Crippen LogP contribution in [0.1, 0.15) is 25.8 Å². The van der Waals surface area contributed by atoms with Gasteiger partial charge < -0.3 is 10.2 Å². The number of halogens is 1. The van der Waals surface area contributed by atoms with Gasteiger partial charge in [0.2, 0.25) is 11.8 Å². The molecule has 0 spiro atoms. The molecule has 0 aliphatic carbocycles. The van der Waals surface area contributed by atoms with Crippen LogP contribution in [0.4, 0.5) is 5.69 Å². The monoisotopic (exact) mass is 527 g/mol. The molecule has 3 aromatic carbocycles. The summed E-state index contributed by atoms with van der Waals surface area (Å²) in [5.41, 5.74) is 1.01. The predicted octanol–water partition coefficient (Wildman–Crippen LogP) is 4.48. The molecule has 0 radical (unpaired) electrons. The molecule has 9 heteroatoms. The largest absolute Gasteiger partial charge is 0.355 e. The van der Waals surface area contributed by atoms with Gasteiger partial charge in [0.1, 0.15) is 12.6 Å². The zero-order chi connectivity index (χ0) is 26.1. The molecule has 1 atom stereocenters. The second-order valence-corrected chi connectivity index (χ2v) is 10.4. The van der Waals surface area contributed by atoms with E-state index < -0.39 is 28.5 Å². The van der Waals surface area contributed by atoms with E-state index in [0.29, 0.717) is 13.0 Å². The lowest BCUT2D eigenvalue weighted by molar-refractivity contribution is -0.140. The van der Waals surface area contributed by atoms with Crippen LogP contribution in [-0.4, -0.2) is 44.3 Å². The first kappa shape index (κ1) is 27.2. The van der Waals surface area contributed by atoms with Crippen molar-refractivity contribution in [2.24, 2.45) is 0 Å². The van der Waals surface area contributed by atoms with Crippen LogP contribution in [0.3, 0.4) is 0 Å². The van der Waals surface area contributed by atoms with Crippen LogP contribution in [0.2, 0.25) is 5.02 Å². The lowest BCUT2D eigenvalue weighted by Gasteiger charge is -2.33. The minimum Gasteiger partial charge on any atom is -0.355 e. The fraction of sp³-hybridized carbons (Fsp3) is 0.259. The van der Waals surface area contributed by atoms with Crippen molar-refractivity contribution in [3.63, 3.8) is 0 Å². The number of hydrogen-bond donors (Lipinski definition) is 1. The van der Waals surface area contributed by atoms with Crippen LogP contribution in [0.25, 0.3) is 0 Å². The number of carbonyl (C=O) groups excluding carboxylic acids is 2. The fourth-order valence-corrected chi connectivity index (χ4v) is 5.62. The Hall–Kier alpha value is -3.36. The molecule has 3 rings (SSSR count). The van der Waals surface area contributed by atoms with Crippen molar-refractivity contribution in [3.05, 3.63) is 95.5 Å². The molecule has 1 N–H and O–H groups in total. The molecule has 7 nitrogen and oxygen atoms in total. The summed E-state index contributed by atoms with van der Waals surface area (Å²) in [7, 11) is -4.14. The van der Waals surface area contributed by atoms with Gasteiger partial charge in [-0.3, -0.25) is 13.9 Å². The van der Waals surface area contributed by atoms with Gasteiger partial charge in [0.05, 0.1) is 15.6 Å². The molecule has 0 aliphatic heterocycles. The third-order valence-corrected chi connectivity index (χ3v) is 7.76. The molecule has 0 fully saturated rings. The summed E-state index contributed by atoms with van der Waals surface area (Å²) in [4.78, 5) is 28.2. The average Bonchev–Trinajstić information content (AvgIpc) is 2.89. The number of nitrogens with zero attached hydrogens (tertiary/aromatic N) is 2. The average molecular weight is 528 g/mol. The van der Waals surface area contributed by atoms with Gasteiger partial charge in [-0.1, -0.05) is 79.2 Å². The number of nitrogens with one attached hydrogen (secondary N) is 1. The Bertz CT molecular complexity index is 1270. The van der Waals surface area contributed by atoms with E-state index in [1.54, 1.807) is 49.4 Å². The molecule has 0 saturated heterocycles. The minimum absolute atomic E-state index is 0.0306. The zero-order valence-electron chi connectivity index (χ0n) is 20.3. The number of rotatable bonds is 11. The molecule has 0 saturated carbocycles. The van der Waals surface area contributed by atoms with Crippen LogP contribution in [0.15, 0.2) is 89.8 Å². The zero-order valence-corrected chi connectivity index (χ0v) is 21.9. The van der Waals surface area contributed by atoms with Crippen molar-refractivity contribution in [3.8, 4) is 0 Å². The van der Waals surface area contributed by atoms with E-state index >= 15 is 0 Å². The fourth-order valence-electron chi connectivity index (χ4n) is 3.88. The van der Waals surface area contributed by atoms with E-state index in [1.807, 2.05) is 37.3 Å². The third-order valence-electron chi connectivity index (χ3n) is 5.66. The van der Waals surface area contributed by atoms with E-state index in [2.05, 4.69) is 5.32 Å². The van der Waals surface area contributed by atoms with Gasteiger partial charge >= 0.3 is 0 Å². The summed E-state index contributed by atoms with van der Waals surface area (Å²) in [6.07, 6.45) is 0.363. The molecule has 0 heterocycles. The lowest BCUT2D eigenvalue weighted by atomic mass is 10.1. The number of para-hydroxylation sites is 1. The van der Waals surface area contributed by atoms with Crippen LogP contribution >= 0.6 is 11.6 Å². The van der Waals surface area contributed by atoms with E-state index in [0.717, 1.165) is 9.87 Å². The summed E-state index contributed by atoms with van der Waals surface area (Å²) < 4.78 is 28.4. The number of hydrogen-bond acceptors (Lipinski definition) is 4. The molecule has 0 aliphatic rings. The van der Waals surface area contributed by atoms with Gasteiger partial charge in [-0.15, -0.1) is 0 Å². The van der Waals surface area contributed by atoms with Crippen molar-refractivity contribution < 1.29 is 18.0 Å². The molecule has 36 heavy (non-hydrogen) atoms. The Morgan fingerprint density at radius 3 is 2.06 bits per heavy atom. The van der Waals surface area contributed by atoms with Crippen LogP contribution in [0.5, 0.6) is 0 Å². The number of sulfonamides is 1. The summed E-state index contributed by atoms with van der Waals surface area (Å²) in [6.45, 7) is 3.66. The molecule has 3 aromatic rings. The van der Waals surface area contributed by atoms with E-state index in [1.165, 1.54) is 17.0 Å². The quantitative estimate of drug-likeness (QED) is 0.398. The van der Waals surface area contributed by atoms with Crippen LogP contribution < -0.4 is 9.62 Å². The maximum Gasteiger partial charge on any atom is 0.264 e. The van der Waals surface area contributed by atoms with Crippen molar-refractivity contribution in [2.75, 3.05) is 17.4 Å². The molecule has 0 unspecified atom stereocenters. The summed E-state index contributed by atoms with van der Waals surface area (Å²) in [6, 6.07) is 22.8. The highest BCUT2D eigenvalue weighted by Gasteiger charge is 2.34. The van der Waals surface area contributed by atoms with Crippen molar-refractivity contribution in [1.29, 1.82) is 0 Å². The first-order chi connectivity index (χ1) is 17.3. The lowest BCUT2D eigenvalue weighted by Crippen LogP contribution is -2.52. The van der Waals surface area contributed by atoms with Crippen molar-refractivity contribution in [1.82, 2.24) is 10.2 Å². The highest BCUT2D eigenvalue weighted by molar-refractivity contribution is 7.92. The standard InChI is InChI=1S/C27H30ClN3O4S/c1-3-24(27(33)29-4-2)30(19-21-13-7-5-8-14-21)26(32)20-31(25-18-12-11-17-23(25)28)36(34,35)22-15-9-6-10-16-22/h5-18,24H,3-4,19-20H2,1-2H3,(H,29,33)/t24-/m1/s1. The van der Waals surface area contributed by atoms with Crippen molar-refractivity contribution >= 4 is 39.1 Å². The Labute approximate surface area is 217 Å². The third kappa shape index (κ3) is 6.44. The molecular formula is C27H30ClN3O4S. The van der Waals surface area contributed by atoms with Gasteiger partial charge in [0, 0.05) is 13.1 Å². The molecular weight excluding hydrogens is 498 g/mol.